The molecule has 0 saturated heterocycles. The van der Waals surface area contributed by atoms with Crippen molar-refractivity contribution < 1.29 is 8.83 Å². The second kappa shape index (κ2) is 12.8. The van der Waals surface area contributed by atoms with E-state index in [9.17, 15) is 0 Å². The second-order valence-corrected chi connectivity index (χ2v) is 16.0. The van der Waals surface area contributed by atoms with E-state index in [1.165, 1.54) is 76.1 Å². The fourth-order valence-corrected chi connectivity index (χ4v) is 9.59. The van der Waals surface area contributed by atoms with Gasteiger partial charge in [0.15, 0.2) is 0 Å². The third-order valence-corrected chi connectivity index (χ3v) is 12.6. The fourth-order valence-electron chi connectivity index (χ4n) is 9.59. The first kappa shape index (κ1) is 33.1. The summed E-state index contributed by atoms with van der Waals surface area (Å²) in [6.07, 6.45) is 0. The molecule has 0 aliphatic heterocycles. The van der Waals surface area contributed by atoms with Crippen LogP contribution in [0, 0.1) is 0 Å². The van der Waals surface area contributed by atoms with Crippen molar-refractivity contribution in [2.24, 2.45) is 0 Å². The van der Waals surface area contributed by atoms with Crippen LogP contribution in [0.3, 0.4) is 0 Å². The van der Waals surface area contributed by atoms with Crippen LogP contribution in [0.15, 0.2) is 215 Å². The van der Waals surface area contributed by atoms with E-state index in [1.807, 2.05) is 0 Å². The molecule has 0 spiro atoms. The zero-order chi connectivity index (χ0) is 39.3. The summed E-state index contributed by atoms with van der Waals surface area (Å²) >= 11 is 0. The minimum absolute atomic E-state index is 0.915. The Morgan fingerprint density at radius 3 is 0.900 bits per heavy atom. The van der Waals surface area contributed by atoms with Gasteiger partial charge in [-0.25, -0.2) is 0 Å². The summed E-state index contributed by atoms with van der Waals surface area (Å²) in [6.45, 7) is 0. The monoisotopic (exact) mass is 762 g/mol. The molecule has 2 heteroatoms. The maximum Gasteiger partial charge on any atom is 0.143 e. The minimum atomic E-state index is 0.915. The van der Waals surface area contributed by atoms with Crippen molar-refractivity contribution in [2.75, 3.05) is 0 Å². The molecule has 0 fully saturated rings. The van der Waals surface area contributed by atoms with Crippen LogP contribution in [0.4, 0.5) is 0 Å². The van der Waals surface area contributed by atoms with Crippen molar-refractivity contribution >= 4 is 87.0 Å². The SMILES string of the molecule is c1ccc2cc3c(cc2c1)oc1c(-c2ccc(-c4ccc(-c5ccc(-c6cc7ccccc7c7c6oc6cc8ccccc8cc67)cc5)cc4)cc2)cc2ccccc2c13. The molecule has 278 valence electrons. The number of rotatable bonds is 4. The van der Waals surface area contributed by atoms with Crippen LogP contribution in [0.1, 0.15) is 0 Å². The first-order valence-electron chi connectivity index (χ1n) is 20.6. The van der Waals surface area contributed by atoms with Crippen molar-refractivity contribution in [3.05, 3.63) is 206 Å². The third-order valence-electron chi connectivity index (χ3n) is 12.6. The molecule has 0 saturated carbocycles. The van der Waals surface area contributed by atoms with Crippen LogP contribution in [-0.4, -0.2) is 0 Å². The summed E-state index contributed by atoms with van der Waals surface area (Å²) in [5, 5.41) is 14.3. The first-order chi connectivity index (χ1) is 29.7. The number of fused-ring (bicyclic) bond motifs is 12. The van der Waals surface area contributed by atoms with Gasteiger partial charge in [-0.05, 0) is 113 Å². The van der Waals surface area contributed by atoms with Gasteiger partial charge in [-0.2, -0.15) is 0 Å². The Labute approximate surface area is 345 Å². The predicted octanol–water partition coefficient (Wildman–Crippen LogP) is 16.8. The molecule has 0 atom stereocenters. The molecule has 0 unspecified atom stereocenters. The van der Waals surface area contributed by atoms with Crippen LogP contribution in [0.25, 0.3) is 131 Å². The van der Waals surface area contributed by atoms with Gasteiger partial charge < -0.3 is 8.83 Å². The summed E-state index contributed by atoms with van der Waals surface area (Å²) in [4.78, 5) is 0. The van der Waals surface area contributed by atoms with E-state index in [4.69, 9.17) is 8.83 Å². The van der Waals surface area contributed by atoms with Gasteiger partial charge >= 0.3 is 0 Å². The number of hydrogen-bond donors (Lipinski definition) is 0. The van der Waals surface area contributed by atoms with Crippen molar-refractivity contribution in [1.82, 2.24) is 0 Å². The average Bonchev–Trinajstić information content (AvgIpc) is 3.88. The van der Waals surface area contributed by atoms with E-state index >= 15 is 0 Å². The Morgan fingerprint density at radius 2 is 0.533 bits per heavy atom. The highest BCUT2D eigenvalue weighted by atomic mass is 16.3. The van der Waals surface area contributed by atoms with Gasteiger partial charge in [-0.15, -0.1) is 0 Å². The van der Waals surface area contributed by atoms with Gasteiger partial charge in [0.1, 0.15) is 22.3 Å². The maximum atomic E-state index is 6.71. The van der Waals surface area contributed by atoms with Crippen molar-refractivity contribution in [3.63, 3.8) is 0 Å². The molecule has 0 amide bonds. The zero-order valence-electron chi connectivity index (χ0n) is 32.4. The Hall–Kier alpha value is -7.94. The molecular weight excluding hydrogens is 729 g/mol. The second-order valence-electron chi connectivity index (χ2n) is 16.0. The van der Waals surface area contributed by atoms with E-state index < -0.39 is 0 Å². The van der Waals surface area contributed by atoms with E-state index in [0.29, 0.717) is 0 Å². The van der Waals surface area contributed by atoms with Crippen LogP contribution < -0.4 is 0 Å². The van der Waals surface area contributed by atoms with Crippen LogP contribution >= 0.6 is 0 Å². The average molecular weight is 763 g/mol. The minimum Gasteiger partial charge on any atom is -0.455 e. The molecule has 2 aromatic heterocycles. The molecule has 0 radical (unpaired) electrons. The van der Waals surface area contributed by atoms with Crippen LogP contribution in [0.2, 0.25) is 0 Å². The lowest BCUT2D eigenvalue weighted by molar-refractivity contribution is 0.670. The smallest absolute Gasteiger partial charge is 0.143 e. The summed E-state index contributed by atoms with van der Waals surface area (Å²) < 4.78 is 13.4. The van der Waals surface area contributed by atoms with Crippen LogP contribution in [0.5, 0.6) is 0 Å². The third kappa shape index (κ3) is 5.08. The molecule has 0 aliphatic rings. The summed E-state index contributed by atoms with van der Waals surface area (Å²) in [7, 11) is 0. The molecule has 11 aromatic carbocycles. The lowest BCUT2D eigenvalue weighted by atomic mass is 9.93. The van der Waals surface area contributed by atoms with Gasteiger partial charge in [0.2, 0.25) is 0 Å². The largest absolute Gasteiger partial charge is 0.455 e. The van der Waals surface area contributed by atoms with Gasteiger partial charge in [0.25, 0.3) is 0 Å². The normalized spacial score (nSPS) is 12.0. The predicted molar refractivity (Wildman–Crippen MR) is 253 cm³/mol. The molecule has 0 aliphatic carbocycles. The van der Waals surface area contributed by atoms with Gasteiger partial charge in [0.05, 0.1) is 0 Å². The van der Waals surface area contributed by atoms with Gasteiger partial charge in [0, 0.05) is 32.7 Å². The molecule has 2 heterocycles. The van der Waals surface area contributed by atoms with Gasteiger partial charge in [-0.3, -0.25) is 0 Å². The summed E-state index contributed by atoms with van der Waals surface area (Å²) in [5.74, 6) is 0. The van der Waals surface area contributed by atoms with E-state index in [-0.39, 0.29) is 0 Å². The maximum absolute atomic E-state index is 6.71. The molecule has 2 nitrogen and oxygen atoms in total. The molecular formula is C58H34O2. The Kier molecular flexibility index (Phi) is 7.05. The molecule has 60 heavy (non-hydrogen) atoms. The molecule has 13 aromatic rings. The standard InChI is InChI=1S/C58H34O2/c1-3-11-43-33-53-51(29-41(43)9-1)55-47-15-7-5-13-45(47)31-49(57(55)59-53)39-25-21-37(22-26-39)35-17-19-36(20-18-35)38-23-27-40(28-24-38)50-32-46-14-6-8-16-48(46)56-52-30-42-10-2-4-12-44(42)34-54(52)60-58(50)56/h1-34H. The lowest BCUT2D eigenvalue weighted by Crippen LogP contribution is -1.85. The summed E-state index contributed by atoms with van der Waals surface area (Å²) in [5.41, 5.74) is 12.9. The van der Waals surface area contributed by atoms with Crippen molar-refractivity contribution in [3.8, 4) is 44.5 Å². The Morgan fingerprint density at radius 1 is 0.233 bits per heavy atom. The van der Waals surface area contributed by atoms with Crippen LogP contribution in [-0.2, 0) is 0 Å². The molecule has 0 N–H and O–H groups in total. The molecule has 0 bridgehead atoms. The number of benzene rings is 11. The zero-order valence-corrected chi connectivity index (χ0v) is 32.4. The highest BCUT2D eigenvalue weighted by Crippen LogP contribution is 2.44. The lowest BCUT2D eigenvalue weighted by Gasteiger charge is -2.10. The van der Waals surface area contributed by atoms with Gasteiger partial charge in [-0.1, -0.05) is 170 Å². The number of hydrogen-bond acceptors (Lipinski definition) is 2. The van der Waals surface area contributed by atoms with E-state index in [1.54, 1.807) is 0 Å². The summed E-state index contributed by atoms with van der Waals surface area (Å²) in [6, 6.07) is 74.4. The first-order valence-corrected chi connectivity index (χ1v) is 20.6. The quantitative estimate of drug-likeness (QED) is 0.178. The van der Waals surface area contributed by atoms with E-state index in [0.717, 1.165) is 55.4 Å². The Bertz CT molecular complexity index is 3590. The Balaban J connectivity index is 0.832. The highest BCUT2D eigenvalue weighted by Gasteiger charge is 2.19. The van der Waals surface area contributed by atoms with Crippen molar-refractivity contribution in [1.29, 1.82) is 0 Å². The van der Waals surface area contributed by atoms with E-state index in [2.05, 4.69) is 206 Å². The fraction of sp³-hybridized carbons (Fsp3) is 0. The highest BCUT2D eigenvalue weighted by molar-refractivity contribution is 6.25. The molecule has 13 rings (SSSR count). The topological polar surface area (TPSA) is 26.3 Å². The van der Waals surface area contributed by atoms with Crippen molar-refractivity contribution in [2.45, 2.75) is 0 Å². The number of furan rings is 2.